The highest BCUT2D eigenvalue weighted by molar-refractivity contribution is 5.69. The van der Waals surface area contributed by atoms with E-state index in [9.17, 15) is 4.79 Å². The molecule has 0 heterocycles. The van der Waals surface area contributed by atoms with E-state index in [1.807, 2.05) is 0 Å². The zero-order chi connectivity index (χ0) is 9.78. The largest absolute Gasteiger partial charge is 0.469 e. The third-order valence-electron chi connectivity index (χ3n) is 1.53. The first-order valence-electron chi connectivity index (χ1n) is 4.17. The third kappa shape index (κ3) is 6.16. The molecule has 3 heteroatoms. The van der Waals surface area contributed by atoms with E-state index in [2.05, 4.69) is 25.5 Å². The minimum atomic E-state index is -0.230. The highest BCUT2D eigenvalue weighted by atomic mass is 16.5. The van der Waals surface area contributed by atoms with Crippen LogP contribution in [0, 0.1) is 5.41 Å². The van der Waals surface area contributed by atoms with Gasteiger partial charge in [0.05, 0.1) is 13.5 Å². The van der Waals surface area contributed by atoms with Gasteiger partial charge in [-0.05, 0) is 11.8 Å². The number of nitrogens with two attached hydrogens (primary N) is 1. The van der Waals surface area contributed by atoms with Crippen LogP contribution in [0.2, 0.25) is 0 Å². The van der Waals surface area contributed by atoms with Gasteiger partial charge in [-0.3, -0.25) is 4.79 Å². The highest BCUT2D eigenvalue weighted by Gasteiger charge is 2.17. The number of methoxy groups -OCH3 is 1. The number of hydrogen-bond acceptors (Lipinski definition) is 3. The van der Waals surface area contributed by atoms with Crippen LogP contribution in [0.15, 0.2) is 0 Å². The lowest BCUT2D eigenvalue weighted by Gasteiger charge is -2.22. The Balaban J connectivity index is 3.74. The summed E-state index contributed by atoms with van der Waals surface area (Å²) in [6.45, 7) is 6.30. The van der Waals surface area contributed by atoms with E-state index >= 15 is 0 Å². The first-order valence-corrected chi connectivity index (χ1v) is 4.17. The van der Waals surface area contributed by atoms with Gasteiger partial charge in [0.2, 0.25) is 0 Å². The highest BCUT2D eigenvalue weighted by Crippen LogP contribution is 2.20. The summed E-state index contributed by atoms with van der Waals surface area (Å²) in [6, 6.07) is -0.0857. The van der Waals surface area contributed by atoms with Crippen molar-refractivity contribution in [2.75, 3.05) is 7.11 Å². The number of carbonyl (C=O) groups excluding carboxylic acids is 1. The fourth-order valence-corrected chi connectivity index (χ4v) is 1.16. The monoisotopic (exact) mass is 173 g/mol. The Morgan fingerprint density at radius 2 is 2.00 bits per heavy atom. The molecule has 1 atom stereocenters. The van der Waals surface area contributed by atoms with Crippen LogP contribution in [-0.2, 0) is 9.53 Å². The van der Waals surface area contributed by atoms with E-state index in [4.69, 9.17) is 5.73 Å². The molecule has 0 saturated heterocycles. The van der Waals surface area contributed by atoms with Crippen molar-refractivity contribution in [1.29, 1.82) is 0 Å². The second kappa shape index (κ2) is 4.45. The molecule has 0 aromatic heterocycles. The summed E-state index contributed by atoms with van der Waals surface area (Å²) in [5, 5.41) is 0. The second-order valence-electron chi connectivity index (χ2n) is 4.31. The second-order valence-corrected chi connectivity index (χ2v) is 4.31. The van der Waals surface area contributed by atoms with Gasteiger partial charge >= 0.3 is 5.97 Å². The Morgan fingerprint density at radius 3 is 2.33 bits per heavy atom. The lowest BCUT2D eigenvalue weighted by Crippen LogP contribution is -2.29. The van der Waals surface area contributed by atoms with E-state index in [0.717, 1.165) is 6.42 Å². The predicted octanol–water partition coefficient (Wildman–Crippen LogP) is 1.31. The SMILES string of the molecule is COC(=O)CC(N)CC(C)(C)C. The number of carbonyl (C=O) groups is 1. The third-order valence-corrected chi connectivity index (χ3v) is 1.53. The van der Waals surface area contributed by atoms with Crippen molar-refractivity contribution in [2.24, 2.45) is 11.1 Å². The van der Waals surface area contributed by atoms with Crippen molar-refractivity contribution in [2.45, 2.75) is 39.7 Å². The first-order chi connectivity index (χ1) is 5.35. The molecule has 0 aliphatic carbocycles. The summed E-state index contributed by atoms with van der Waals surface area (Å²) in [5.74, 6) is -0.230. The fraction of sp³-hybridized carbons (Fsp3) is 0.889. The van der Waals surface area contributed by atoms with Crippen LogP contribution in [-0.4, -0.2) is 19.1 Å². The van der Waals surface area contributed by atoms with Gasteiger partial charge in [-0.2, -0.15) is 0 Å². The normalized spacial score (nSPS) is 14.1. The van der Waals surface area contributed by atoms with Crippen molar-refractivity contribution >= 4 is 5.97 Å². The molecule has 0 bridgehead atoms. The molecular formula is C9H19NO2. The summed E-state index contributed by atoms with van der Waals surface area (Å²) in [4.78, 5) is 10.8. The van der Waals surface area contributed by atoms with Crippen LogP contribution in [0.25, 0.3) is 0 Å². The number of ether oxygens (including phenoxy) is 1. The van der Waals surface area contributed by atoms with Gasteiger partial charge in [0.15, 0.2) is 0 Å². The van der Waals surface area contributed by atoms with Gasteiger partial charge in [-0.25, -0.2) is 0 Å². The molecule has 0 amide bonds. The summed E-state index contributed by atoms with van der Waals surface area (Å²) in [6.07, 6.45) is 1.15. The topological polar surface area (TPSA) is 52.3 Å². The van der Waals surface area contributed by atoms with Gasteiger partial charge in [-0.15, -0.1) is 0 Å². The quantitative estimate of drug-likeness (QED) is 0.655. The molecule has 0 aliphatic rings. The molecule has 0 fully saturated rings. The van der Waals surface area contributed by atoms with Crippen LogP contribution in [0.3, 0.4) is 0 Å². The van der Waals surface area contributed by atoms with Gasteiger partial charge in [0.25, 0.3) is 0 Å². The summed E-state index contributed by atoms with van der Waals surface area (Å²) >= 11 is 0. The van der Waals surface area contributed by atoms with E-state index in [1.165, 1.54) is 7.11 Å². The number of hydrogen-bond donors (Lipinski definition) is 1. The number of rotatable bonds is 3. The zero-order valence-corrected chi connectivity index (χ0v) is 8.39. The molecule has 0 aromatic rings. The molecule has 1 unspecified atom stereocenters. The maximum atomic E-state index is 10.8. The van der Waals surface area contributed by atoms with E-state index in [-0.39, 0.29) is 17.4 Å². The molecule has 2 N–H and O–H groups in total. The standard InChI is InChI=1S/C9H19NO2/c1-9(2,3)6-7(10)5-8(11)12-4/h7H,5-6,10H2,1-4H3. The van der Waals surface area contributed by atoms with Crippen molar-refractivity contribution in [3.63, 3.8) is 0 Å². The van der Waals surface area contributed by atoms with Crippen LogP contribution < -0.4 is 5.73 Å². The molecule has 0 radical (unpaired) electrons. The Kier molecular flexibility index (Phi) is 4.24. The average molecular weight is 173 g/mol. The van der Waals surface area contributed by atoms with Crippen LogP contribution in [0.5, 0.6) is 0 Å². The molecule has 0 aromatic carbocycles. The maximum Gasteiger partial charge on any atom is 0.307 e. The smallest absolute Gasteiger partial charge is 0.307 e. The van der Waals surface area contributed by atoms with Crippen molar-refractivity contribution < 1.29 is 9.53 Å². The molecule has 3 nitrogen and oxygen atoms in total. The van der Waals surface area contributed by atoms with Gasteiger partial charge < -0.3 is 10.5 Å². The lowest BCUT2D eigenvalue weighted by molar-refractivity contribution is -0.141. The summed E-state index contributed by atoms with van der Waals surface area (Å²) < 4.78 is 4.52. The summed E-state index contributed by atoms with van der Waals surface area (Å²) in [7, 11) is 1.38. The van der Waals surface area contributed by atoms with E-state index < -0.39 is 0 Å². The van der Waals surface area contributed by atoms with Crippen molar-refractivity contribution in [3.05, 3.63) is 0 Å². The van der Waals surface area contributed by atoms with Gasteiger partial charge in [-0.1, -0.05) is 20.8 Å². The molecule has 12 heavy (non-hydrogen) atoms. The average Bonchev–Trinajstić information content (AvgIpc) is 1.82. The van der Waals surface area contributed by atoms with Gasteiger partial charge in [0.1, 0.15) is 0 Å². The fourth-order valence-electron chi connectivity index (χ4n) is 1.16. The Labute approximate surface area is 74.3 Å². The van der Waals surface area contributed by atoms with Crippen molar-refractivity contribution in [1.82, 2.24) is 0 Å². The molecule has 72 valence electrons. The predicted molar refractivity (Wildman–Crippen MR) is 48.7 cm³/mol. The molecule has 0 aliphatic heterocycles. The summed E-state index contributed by atoms with van der Waals surface area (Å²) in [5.41, 5.74) is 5.91. The van der Waals surface area contributed by atoms with E-state index in [0.29, 0.717) is 6.42 Å². The van der Waals surface area contributed by atoms with E-state index in [1.54, 1.807) is 0 Å². The molecular weight excluding hydrogens is 154 g/mol. The molecule has 0 rings (SSSR count). The van der Waals surface area contributed by atoms with Crippen LogP contribution >= 0.6 is 0 Å². The van der Waals surface area contributed by atoms with Crippen molar-refractivity contribution in [3.8, 4) is 0 Å². The minimum Gasteiger partial charge on any atom is -0.469 e. The minimum absolute atomic E-state index is 0.0857. The maximum absolute atomic E-state index is 10.8. The van der Waals surface area contributed by atoms with Crippen LogP contribution in [0.1, 0.15) is 33.6 Å². The zero-order valence-electron chi connectivity index (χ0n) is 8.39. The van der Waals surface area contributed by atoms with Crippen LogP contribution in [0.4, 0.5) is 0 Å². The molecule has 0 spiro atoms. The number of esters is 1. The lowest BCUT2D eigenvalue weighted by atomic mass is 9.87. The first kappa shape index (κ1) is 11.4. The molecule has 0 saturated carbocycles. The van der Waals surface area contributed by atoms with Gasteiger partial charge in [0, 0.05) is 6.04 Å². The Bertz CT molecular complexity index is 149. The Morgan fingerprint density at radius 1 is 1.50 bits per heavy atom. The Hall–Kier alpha value is -0.570.